The topological polar surface area (TPSA) is 60.0 Å². The highest BCUT2D eigenvalue weighted by molar-refractivity contribution is 14.0. The molecular formula is C18H29ClIN5OS. The van der Waals surface area contributed by atoms with Crippen LogP contribution in [0.5, 0.6) is 0 Å². The van der Waals surface area contributed by atoms with E-state index in [0.717, 1.165) is 62.5 Å². The number of guanidine groups is 1. The molecule has 1 aliphatic heterocycles. The minimum absolute atomic E-state index is 0. The van der Waals surface area contributed by atoms with Gasteiger partial charge >= 0.3 is 0 Å². The van der Waals surface area contributed by atoms with Crippen molar-refractivity contribution in [2.45, 2.75) is 11.8 Å². The van der Waals surface area contributed by atoms with E-state index in [1.807, 2.05) is 29.2 Å². The van der Waals surface area contributed by atoms with Crippen molar-refractivity contribution in [2.75, 3.05) is 58.6 Å². The van der Waals surface area contributed by atoms with Crippen LogP contribution in [0.25, 0.3) is 0 Å². The molecule has 1 fully saturated rings. The number of amides is 1. The highest BCUT2D eigenvalue weighted by Crippen LogP contribution is 2.19. The normalized spacial score (nSPS) is 15.2. The molecule has 0 atom stereocenters. The molecule has 1 amide bonds. The first-order valence-electron chi connectivity index (χ1n) is 8.89. The Balaban J connectivity index is 0.00000364. The van der Waals surface area contributed by atoms with Crippen LogP contribution in [-0.4, -0.2) is 80.3 Å². The Morgan fingerprint density at radius 3 is 2.37 bits per heavy atom. The van der Waals surface area contributed by atoms with Crippen molar-refractivity contribution in [1.29, 1.82) is 0 Å². The second-order valence-electron chi connectivity index (χ2n) is 6.08. The minimum atomic E-state index is 0. The number of rotatable bonds is 7. The van der Waals surface area contributed by atoms with Gasteiger partial charge in [-0.15, -0.1) is 35.7 Å². The predicted molar refractivity (Wildman–Crippen MR) is 126 cm³/mol. The zero-order valence-electron chi connectivity index (χ0n) is 15.9. The van der Waals surface area contributed by atoms with E-state index in [4.69, 9.17) is 11.6 Å². The lowest BCUT2D eigenvalue weighted by atomic mass is 10.3. The van der Waals surface area contributed by atoms with Crippen molar-refractivity contribution in [3.63, 3.8) is 0 Å². The maximum atomic E-state index is 11.3. The lowest BCUT2D eigenvalue weighted by molar-refractivity contribution is -0.130. The van der Waals surface area contributed by atoms with Gasteiger partial charge in [0, 0.05) is 75.5 Å². The Hall–Kier alpha value is -0.710. The lowest BCUT2D eigenvalue weighted by Gasteiger charge is -2.34. The summed E-state index contributed by atoms with van der Waals surface area (Å²) in [7, 11) is 1.79. The zero-order valence-corrected chi connectivity index (χ0v) is 19.8. The van der Waals surface area contributed by atoms with Crippen molar-refractivity contribution in [2.24, 2.45) is 4.99 Å². The second-order valence-corrected chi connectivity index (χ2v) is 7.68. The van der Waals surface area contributed by atoms with Crippen molar-refractivity contribution in [1.82, 2.24) is 20.4 Å². The van der Waals surface area contributed by atoms with E-state index in [1.54, 1.807) is 25.7 Å². The van der Waals surface area contributed by atoms with Gasteiger partial charge in [0.1, 0.15) is 0 Å². The molecule has 6 nitrogen and oxygen atoms in total. The van der Waals surface area contributed by atoms with E-state index < -0.39 is 0 Å². The van der Waals surface area contributed by atoms with Gasteiger partial charge in [-0.1, -0.05) is 11.6 Å². The summed E-state index contributed by atoms with van der Waals surface area (Å²) in [5.41, 5.74) is 0. The van der Waals surface area contributed by atoms with Crippen molar-refractivity contribution >= 4 is 59.2 Å². The second kappa shape index (κ2) is 13.5. The molecule has 2 rings (SSSR count). The molecule has 0 unspecified atom stereocenters. The average Bonchev–Trinajstić information content (AvgIpc) is 2.65. The van der Waals surface area contributed by atoms with E-state index >= 15 is 0 Å². The average molecular weight is 526 g/mol. The Kier molecular flexibility index (Phi) is 12.1. The van der Waals surface area contributed by atoms with Crippen LogP contribution >= 0.6 is 47.3 Å². The van der Waals surface area contributed by atoms with Crippen molar-refractivity contribution < 1.29 is 4.79 Å². The minimum Gasteiger partial charge on any atom is -0.356 e. The molecular weight excluding hydrogens is 497 g/mol. The fourth-order valence-corrected chi connectivity index (χ4v) is 3.60. The standard InChI is InChI=1S/C18H28ClN5OS.HI/c1-15(25)24-12-10-23(11-13-24)9-7-21-18(20-2)22-8-14-26-17-5-3-16(19)4-6-17;/h3-6H,7-14H2,1-2H3,(H2,20,21,22);1H. The summed E-state index contributed by atoms with van der Waals surface area (Å²) >= 11 is 7.68. The molecule has 0 bridgehead atoms. The molecule has 152 valence electrons. The molecule has 2 N–H and O–H groups in total. The van der Waals surface area contributed by atoms with Crippen LogP contribution in [0.4, 0.5) is 0 Å². The lowest BCUT2D eigenvalue weighted by Crippen LogP contribution is -2.50. The maximum absolute atomic E-state index is 11.3. The summed E-state index contributed by atoms with van der Waals surface area (Å²) in [5, 5.41) is 7.44. The Morgan fingerprint density at radius 1 is 1.15 bits per heavy atom. The predicted octanol–water partition coefficient (Wildman–Crippen LogP) is 2.38. The molecule has 27 heavy (non-hydrogen) atoms. The smallest absolute Gasteiger partial charge is 0.219 e. The van der Waals surface area contributed by atoms with Crippen LogP contribution in [0.3, 0.4) is 0 Å². The monoisotopic (exact) mass is 525 g/mol. The van der Waals surface area contributed by atoms with Crippen LogP contribution < -0.4 is 10.6 Å². The Bertz CT molecular complexity index is 594. The molecule has 1 aromatic rings. The molecule has 1 aromatic carbocycles. The van der Waals surface area contributed by atoms with Gasteiger partial charge < -0.3 is 15.5 Å². The van der Waals surface area contributed by atoms with Gasteiger partial charge in [0.05, 0.1) is 0 Å². The number of carbonyl (C=O) groups excluding carboxylic acids is 1. The third-order valence-electron chi connectivity index (χ3n) is 4.24. The first-order chi connectivity index (χ1) is 12.6. The molecule has 0 aliphatic carbocycles. The largest absolute Gasteiger partial charge is 0.356 e. The number of nitrogens with zero attached hydrogens (tertiary/aromatic N) is 3. The third-order valence-corrected chi connectivity index (χ3v) is 5.50. The summed E-state index contributed by atoms with van der Waals surface area (Å²) in [6, 6.07) is 7.89. The molecule has 0 radical (unpaired) electrons. The van der Waals surface area contributed by atoms with Gasteiger partial charge in [-0.3, -0.25) is 14.7 Å². The quantitative estimate of drug-likeness (QED) is 0.188. The van der Waals surface area contributed by atoms with Crippen LogP contribution in [0.15, 0.2) is 34.2 Å². The number of benzene rings is 1. The first kappa shape index (κ1) is 24.3. The number of nitrogens with one attached hydrogen (secondary N) is 2. The van der Waals surface area contributed by atoms with Gasteiger partial charge in [-0.05, 0) is 24.3 Å². The summed E-state index contributed by atoms with van der Waals surface area (Å²) in [4.78, 5) is 21.1. The molecule has 1 heterocycles. The van der Waals surface area contributed by atoms with Crippen LogP contribution in [0.2, 0.25) is 5.02 Å². The van der Waals surface area contributed by atoms with Crippen LogP contribution in [0, 0.1) is 0 Å². The number of piperazine rings is 1. The maximum Gasteiger partial charge on any atom is 0.219 e. The third kappa shape index (κ3) is 9.36. The number of carbonyl (C=O) groups is 1. The van der Waals surface area contributed by atoms with Gasteiger partial charge in [0.15, 0.2) is 5.96 Å². The zero-order chi connectivity index (χ0) is 18.8. The summed E-state index contributed by atoms with van der Waals surface area (Å²) in [6.07, 6.45) is 0. The van der Waals surface area contributed by atoms with Crippen molar-refractivity contribution in [3.8, 4) is 0 Å². The van der Waals surface area contributed by atoms with Crippen molar-refractivity contribution in [3.05, 3.63) is 29.3 Å². The Morgan fingerprint density at radius 2 is 1.78 bits per heavy atom. The van der Waals surface area contributed by atoms with Gasteiger partial charge in [0.25, 0.3) is 0 Å². The van der Waals surface area contributed by atoms with Crippen LogP contribution in [0.1, 0.15) is 6.92 Å². The molecule has 9 heteroatoms. The van der Waals surface area contributed by atoms with E-state index in [2.05, 4.69) is 20.5 Å². The van der Waals surface area contributed by atoms with E-state index in [-0.39, 0.29) is 29.9 Å². The van der Waals surface area contributed by atoms with Gasteiger partial charge in [-0.25, -0.2) is 0 Å². The van der Waals surface area contributed by atoms with Gasteiger partial charge in [-0.2, -0.15) is 0 Å². The van der Waals surface area contributed by atoms with Gasteiger partial charge in [0.2, 0.25) is 5.91 Å². The van der Waals surface area contributed by atoms with E-state index in [0.29, 0.717) is 0 Å². The number of halogens is 2. The molecule has 1 saturated heterocycles. The SMILES string of the molecule is CN=C(NCCSc1ccc(Cl)cc1)NCCN1CCN(C(C)=O)CC1.I. The fourth-order valence-electron chi connectivity index (χ4n) is 2.71. The first-order valence-corrected chi connectivity index (χ1v) is 10.3. The van der Waals surface area contributed by atoms with E-state index in [1.165, 1.54) is 4.90 Å². The fraction of sp³-hybridized carbons (Fsp3) is 0.556. The molecule has 0 saturated carbocycles. The number of hydrogen-bond acceptors (Lipinski definition) is 4. The highest BCUT2D eigenvalue weighted by Gasteiger charge is 2.17. The summed E-state index contributed by atoms with van der Waals surface area (Å²) in [5.74, 6) is 1.95. The molecule has 0 aromatic heterocycles. The molecule has 1 aliphatic rings. The summed E-state index contributed by atoms with van der Waals surface area (Å²) in [6.45, 7) is 7.78. The van der Waals surface area contributed by atoms with Crippen LogP contribution in [-0.2, 0) is 4.79 Å². The number of aliphatic imine (C=N–C) groups is 1. The van der Waals surface area contributed by atoms with E-state index in [9.17, 15) is 4.79 Å². The Labute approximate surface area is 188 Å². The number of thioether (sulfide) groups is 1. The molecule has 0 spiro atoms. The number of hydrogen-bond donors (Lipinski definition) is 2. The highest BCUT2D eigenvalue weighted by atomic mass is 127. The summed E-state index contributed by atoms with van der Waals surface area (Å²) < 4.78 is 0.